The van der Waals surface area contributed by atoms with Crippen LogP contribution in [0.4, 0.5) is 0 Å². The highest BCUT2D eigenvalue weighted by Crippen LogP contribution is 2.42. The van der Waals surface area contributed by atoms with E-state index in [1.165, 1.54) is 12.8 Å². The summed E-state index contributed by atoms with van der Waals surface area (Å²) in [6, 6.07) is 0. The van der Waals surface area contributed by atoms with E-state index in [0.29, 0.717) is 0 Å². The first-order chi connectivity index (χ1) is 3.83. The van der Waals surface area contributed by atoms with E-state index in [1.807, 2.05) is 0 Å². The quantitative estimate of drug-likeness (QED) is 0.459. The Morgan fingerprint density at radius 2 is 2.38 bits per heavy atom. The maximum Gasteiger partial charge on any atom is 0.0741 e. The van der Waals surface area contributed by atoms with Gasteiger partial charge in [0.15, 0.2) is 0 Å². The van der Waals surface area contributed by atoms with Crippen LogP contribution in [0.2, 0.25) is 0 Å². The molecule has 2 unspecified atom stereocenters. The largest absolute Gasteiger partial charge is 0.391 e. The topological polar surface area (TPSA) is 32.3 Å². The van der Waals surface area contributed by atoms with Crippen LogP contribution in [0.1, 0.15) is 19.3 Å². The molecule has 2 fully saturated rings. The lowest BCUT2D eigenvalue weighted by atomic mass is 10.2. The Labute approximate surface area is 48.9 Å². The Morgan fingerprint density at radius 1 is 1.62 bits per heavy atom. The lowest BCUT2D eigenvalue weighted by Gasteiger charge is -2.03. The SMILES string of the molecule is OC1CC12CCCN2. The van der Waals surface area contributed by atoms with Crippen LogP contribution in [0.5, 0.6) is 0 Å². The van der Waals surface area contributed by atoms with E-state index in [9.17, 15) is 0 Å². The maximum atomic E-state index is 9.05. The van der Waals surface area contributed by atoms with Gasteiger partial charge in [-0.2, -0.15) is 0 Å². The number of hydrogen-bond acceptors (Lipinski definition) is 2. The highest BCUT2D eigenvalue weighted by Gasteiger charge is 2.54. The molecule has 0 aromatic heterocycles. The second-order valence-electron chi connectivity index (χ2n) is 2.91. The summed E-state index contributed by atoms with van der Waals surface area (Å²) >= 11 is 0. The highest BCUT2D eigenvalue weighted by molar-refractivity contribution is 5.13. The summed E-state index contributed by atoms with van der Waals surface area (Å²) < 4.78 is 0. The summed E-state index contributed by atoms with van der Waals surface area (Å²) in [5.74, 6) is 0. The summed E-state index contributed by atoms with van der Waals surface area (Å²) in [6.45, 7) is 1.11. The number of aliphatic hydroxyl groups is 1. The molecule has 8 heavy (non-hydrogen) atoms. The third-order valence-corrected chi connectivity index (χ3v) is 2.31. The minimum absolute atomic E-state index is 0.0231. The van der Waals surface area contributed by atoms with E-state index in [4.69, 9.17) is 5.11 Å². The predicted molar refractivity (Wildman–Crippen MR) is 30.6 cm³/mol. The molecule has 1 saturated carbocycles. The molecule has 1 aliphatic carbocycles. The zero-order valence-electron chi connectivity index (χ0n) is 4.85. The second kappa shape index (κ2) is 1.25. The van der Waals surface area contributed by atoms with Crippen molar-refractivity contribution in [3.8, 4) is 0 Å². The maximum absolute atomic E-state index is 9.05. The van der Waals surface area contributed by atoms with Gasteiger partial charge in [-0.1, -0.05) is 0 Å². The van der Waals surface area contributed by atoms with Crippen LogP contribution in [0.25, 0.3) is 0 Å². The van der Waals surface area contributed by atoms with Gasteiger partial charge in [0.05, 0.1) is 6.10 Å². The van der Waals surface area contributed by atoms with Crippen molar-refractivity contribution in [2.45, 2.75) is 30.9 Å². The number of rotatable bonds is 0. The van der Waals surface area contributed by atoms with Gasteiger partial charge in [-0.3, -0.25) is 0 Å². The van der Waals surface area contributed by atoms with Crippen molar-refractivity contribution in [1.82, 2.24) is 5.32 Å². The van der Waals surface area contributed by atoms with Gasteiger partial charge in [0.25, 0.3) is 0 Å². The zero-order chi connectivity index (χ0) is 5.61. The molecule has 2 atom stereocenters. The average Bonchev–Trinajstić information content (AvgIpc) is 2.29. The number of aliphatic hydroxyl groups excluding tert-OH is 1. The molecule has 1 saturated heterocycles. The second-order valence-corrected chi connectivity index (χ2v) is 2.91. The Hall–Kier alpha value is -0.0800. The molecular formula is C6H11NO. The van der Waals surface area contributed by atoms with Crippen LogP contribution >= 0.6 is 0 Å². The molecule has 1 heterocycles. The molecule has 0 radical (unpaired) electrons. The van der Waals surface area contributed by atoms with Crippen molar-refractivity contribution in [2.75, 3.05) is 6.54 Å². The van der Waals surface area contributed by atoms with Gasteiger partial charge in [-0.05, 0) is 25.8 Å². The Bertz CT molecular complexity index is 107. The van der Waals surface area contributed by atoms with Gasteiger partial charge in [0, 0.05) is 5.54 Å². The third kappa shape index (κ3) is 0.446. The summed E-state index contributed by atoms with van der Waals surface area (Å²) in [5.41, 5.74) is 0.208. The molecule has 2 aliphatic rings. The first-order valence-electron chi connectivity index (χ1n) is 3.27. The molecule has 0 amide bonds. The molecule has 2 N–H and O–H groups in total. The highest BCUT2D eigenvalue weighted by atomic mass is 16.3. The molecular weight excluding hydrogens is 102 g/mol. The number of nitrogens with one attached hydrogen (secondary N) is 1. The van der Waals surface area contributed by atoms with Crippen LogP contribution < -0.4 is 5.32 Å². The Balaban J connectivity index is 2.06. The van der Waals surface area contributed by atoms with Gasteiger partial charge >= 0.3 is 0 Å². The molecule has 2 rings (SSSR count). The minimum Gasteiger partial charge on any atom is -0.391 e. The van der Waals surface area contributed by atoms with Gasteiger partial charge in [0.2, 0.25) is 0 Å². The molecule has 2 heteroatoms. The first kappa shape index (κ1) is 4.77. The molecule has 1 aliphatic heterocycles. The Morgan fingerprint density at radius 3 is 2.62 bits per heavy atom. The van der Waals surface area contributed by atoms with Crippen LogP contribution in [0.3, 0.4) is 0 Å². The predicted octanol–water partition coefficient (Wildman–Crippen LogP) is -0.127. The van der Waals surface area contributed by atoms with E-state index in [0.717, 1.165) is 13.0 Å². The zero-order valence-corrected chi connectivity index (χ0v) is 4.85. The molecule has 0 bridgehead atoms. The fourth-order valence-corrected chi connectivity index (χ4v) is 1.57. The lowest BCUT2D eigenvalue weighted by molar-refractivity contribution is 0.241. The van der Waals surface area contributed by atoms with Crippen molar-refractivity contribution in [3.63, 3.8) is 0 Å². The van der Waals surface area contributed by atoms with Crippen LogP contribution in [0, 0.1) is 0 Å². The van der Waals surface area contributed by atoms with Gasteiger partial charge in [-0.15, -0.1) is 0 Å². The fourth-order valence-electron chi connectivity index (χ4n) is 1.57. The lowest BCUT2D eigenvalue weighted by Crippen LogP contribution is -2.27. The van der Waals surface area contributed by atoms with Crippen LogP contribution in [0.15, 0.2) is 0 Å². The van der Waals surface area contributed by atoms with Crippen molar-refractivity contribution < 1.29 is 5.11 Å². The molecule has 46 valence electrons. The molecule has 2 nitrogen and oxygen atoms in total. The smallest absolute Gasteiger partial charge is 0.0741 e. The number of hydrogen-bond donors (Lipinski definition) is 2. The van der Waals surface area contributed by atoms with Crippen molar-refractivity contribution in [3.05, 3.63) is 0 Å². The van der Waals surface area contributed by atoms with E-state index in [1.54, 1.807) is 0 Å². The van der Waals surface area contributed by atoms with Crippen molar-refractivity contribution in [2.24, 2.45) is 0 Å². The fraction of sp³-hybridized carbons (Fsp3) is 1.00. The van der Waals surface area contributed by atoms with Gasteiger partial charge in [0.1, 0.15) is 0 Å². The molecule has 0 aromatic rings. The normalized spacial score (nSPS) is 52.9. The summed E-state index contributed by atoms with van der Waals surface area (Å²) in [5, 5.41) is 12.4. The summed E-state index contributed by atoms with van der Waals surface area (Å²) in [4.78, 5) is 0. The monoisotopic (exact) mass is 113 g/mol. The van der Waals surface area contributed by atoms with E-state index in [2.05, 4.69) is 5.32 Å². The van der Waals surface area contributed by atoms with Crippen molar-refractivity contribution in [1.29, 1.82) is 0 Å². The van der Waals surface area contributed by atoms with E-state index < -0.39 is 0 Å². The standard InChI is InChI=1S/C6H11NO/c8-5-4-6(5)2-1-3-7-6/h5,7-8H,1-4H2. The minimum atomic E-state index is -0.0231. The first-order valence-corrected chi connectivity index (χ1v) is 3.27. The summed E-state index contributed by atoms with van der Waals surface area (Å²) in [7, 11) is 0. The average molecular weight is 113 g/mol. The van der Waals surface area contributed by atoms with Gasteiger partial charge < -0.3 is 10.4 Å². The van der Waals surface area contributed by atoms with Crippen LogP contribution in [-0.4, -0.2) is 23.3 Å². The Kier molecular flexibility index (Phi) is 0.746. The van der Waals surface area contributed by atoms with Crippen LogP contribution in [-0.2, 0) is 0 Å². The summed E-state index contributed by atoms with van der Waals surface area (Å²) in [6.07, 6.45) is 3.41. The molecule has 0 aromatic carbocycles. The molecule has 1 spiro atoms. The third-order valence-electron chi connectivity index (χ3n) is 2.31. The van der Waals surface area contributed by atoms with Gasteiger partial charge in [-0.25, -0.2) is 0 Å². The van der Waals surface area contributed by atoms with E-state index in [-0.39, 0.29) is 11.6 Å². The van der Waals surface area contributed by atoms with E-state index >= 15 is 0 Å². The van der Waals surface area contributed by atoms with Crippen molar-refractivity contribution >= 4 is 0 Å².